The molecule has 2 aromatic carbocycles. The average molecular weight is 567 g/mol. The van der Waals surface area contributed by atoms with E-state index < -0.39 is 58.1 Å². The third kappa shape index (κ3) is 9.44. The van der Waals surface area contributed by atoms with Gasteiger partial charge in [-0.3, -0.25) is 4.79 Å². The Hall–Kier alpha value is -2.90. The zero-order valence-corrected chi connectivity index (χ0v) is 22.1. The van der Waals surface area contributed by atoms with Crippen LogP contribution in [0.2, 0.25) is 0 Å². The van der Waals surface area contributed by atoms with Crippen LogP contribution in [0.5, 0.6) is 11.5 Å². The van der Waals surface area contributed by atoms with E-state index in [2.05, 4.69) is 14.2 Å². The number of hydrogen-bond acceptors (Lipinski definition) is 6. The summed E-state index contributed by atoms with van der Waals surface area (Å²) in [5, 5.41) is 0. The number of nitrogens with zero attached hydrogens (tertiary/aromatic N) is 1. The Bertz CT molecular complexity index is 1070. The molecule has 1 N–H and O–H groups in total. The van der Waals surface area contributed by atoms with E-state index in [1.165, 1.54) is 36.5 Å². The van der Waals surface area contributed by atoms with Crippen molar-refractivity contribution in [3.8, 4) is 11.5 Å². The Labute approximate surface area is 219 Å². The van der Waals surface area contributed by atoms with E-state index in [9.17, 15) is 35.7 Å². The van der Waals surface area contributed by atoms with Crippen molar-refractivity contribution in [1.29, 1.82) is 0 Å². The first-order valence-electron chi connectivity index (χ1n) is 11.1. The summed E-state index contributed by atoms with van der Waals surface area (Å²) in [7, 11) is 3.31. The molecule has 0 spiro atoms. The maximum atomic E-state index is 13.3. The molecule has 0 saturated heterocycles. The molecule has 0 radical (unpaired) electrons. The molecule has 6 nitrogen and oxygen atoms in total. The maximum Gasteiger partial charge on any atom is 0.573 e. The second kappa shape index (κ2) is 11.9. The van der Waals surface area contributed by atoms with Crippen LogP contribution in [0.4, 0.5) is 26.3 Å². The molecule has 0 aliphatic heterocycles. The number of alkyl halides is 6. The van der Waals surface area contributed by atoms with E-state index in [1.54, 1.807) is 39.8 Å². The highest BCUT2D eigenvalue weighted by atomic mass is 32.2. The number of carbonyl (C=O) groups excluding carboxylic acids is 1. The van der Waals surface area contributed by atoms with Crippen LogP contribution >= 0.6 is 0 Å². The monoisotopic (exact) mass is 566 g/mol. The van der Waals surface area contributed by atoms with Crippen LogP contribution < -0.4 is 14.2 Å². The van der Waals surface area contributed by atoms with E-state index in [1.807, 2.05) is 0 Å². The highest BCUT2D eigenvalue weighted by Crippen LogP contribution is 2.40. The number of rotatable bonds is 10. The number of halogens is 6. The smallest absolute Gasteiger partial charge is 0.573 e. The third-order valence-corrected chi connectivity index (χ3v) is 6.59. The van der Waals surface area contributed by atoms with Gasteiger partial charge in [0.15, 0.2) is 5.78 Å². The number of ether oxygens (including phenoxy) is 2. The van der Waals surface area contributed by atoms with Gasteiger partial charge in [-0.05, 0) is 62.2 Å². The first-order chi connectivity index (χ1) is 17.3. The minimum absolute atomic E-state index is 0.00684. The molecule has 0 amide bonds. The molecule has 0 aliphatic carbocycles. The maximum absolute atomic E-state index is 13.3. The largest absolute Gasteiger partial charge is 0.598 e. The number of allylic oxidation sites excluding steroid dienone is 1. The van der Waals surface area contributed by atoms with Crippen molar-refractivity contribution < 1.29 is 45.2 Å². The fourth-order valence-corrected chi connectivity index (χ4v) is 4.24. The quantitative estimate of drug-likeness (QED) is 0.222. The molecule has 0 bridgehead atoms. The van der Waals surface area contributed by atoms with Crippen molar-refractivity contribution in [2.24, 2.45) is 0 Å². The van der Waals surface area contributed by atoms with Crippen LogP contribution in [0, 0.1) is 0 Å². The summed E-state index contributed by atoms with van der Waals surface area (Å²) in [5.74, 6) is -1.83. The predicted molar refractivity (Wildman–Crippen MR) is 131 cm³/mol. The second-order valence-corrected chi connectivity index (χ2v) is 11.4. The minimum Gasteiger partial charge on any atom is -0.598 e. The Morgan fingerprint density at radius 2 is 1.37 bits per heavy atom. The molecule has 0 fully saturated rings. The van der Waals surface area contributed by atoms with Crippen molar-refractivity contribution in [2.75, 3.05) is 14.1 Å². The van der Waals surface area contributed by atoms with Gasteiger partial charge in [-0.15, -0.1) is 31.1 Å². The van der Waals surface area contributed by atoms with Gasteiger partial charge in [0.2, 0.25) is 0 Å². The lowest BCUT2D eigenvalue weighted by atomic mass is 9.79. The summed E-state index contributed by atoms with van der Waals surface area (Å²) in [5.41, 5.74) is -1.87. The summed E-state index contributed by atoms with van der Waals surface area (Å²) >= 11 is -1.95. The second-order valence-electron chi connectivity index (χ2n) is 9.46. The summed E-state index contributed by atoms with van der Waals surface area (Å²) in [6.07, 6.45) is -7.96. The van der Waals surface area contributed by atoms with E-state index in [0.29, 0.717) is 0 Å². The van der Waals surface area contributed by atoms with E-state index in [0.717, 1.165) is 24.3 Å². The normalized spacial score (nSPS) is 13.9. The Morgan fingerprint density at radius 1 is 0.921 bits per heavy atom. The number of carbonyl (C=O) groups is 1. The average Bonchev–Trinajstić information content (AvgIpc) is 2.74. The van der Waals surface area contributed by atoms with Crippen LogP contribution in [0.3, 0.4) is 0 Å². The van der Waals surface area contributed by atoms with Gasteiger partial charge in [0.25, 0.3) is 0 Å². The topological polar surface area (TPSA) is 73.9 Å². The molecule has 0 saturated carbocycles. The lowest BCUT2D eigenvalue weighted by molar-refractivity contribution is -0.275. The first-order valence-corrected chi connectivity index (χ1v) is 12.3. The van der Waals surface area contributed by atoms with Gasteiger partial charge >= 0.3 is 12.7 Å². The van der Waals surface area contributed by atoms with E-state index >= 15 is 0 Å². The standard InChI is InChI=1S/C25H28F6N2O4S/c1-22(2,3)38(35)32-23(16-19(34)12-13-33(4)5,17-8-6-10-20(14-17)36-24(26,27)28)18-9-7-11-21(15-18)37-25(29,30)31/h6-15,32H,16H2,1-5H3. The fourth-order valence-electron chi connectivity index (χ4n) is 3.31. The molecular formula is C25H28F6N2O4S. The molecule has 1 atom stereocenters. The summed E-state index contributed by atoms with van der Waals surface area (Å²) < 4.78 is 101. The van der Waals surface area contributed by atoms with E-state index in [-0.39, 0.29) is 11.1 Å². The van der Waals surface area contributed by atoms with Gasteiger partial charge in [0.1, 0.15) is 21.8 Å². The van der Waals surface area contributed by atoms with Gasteiger partial charge in [0.05, 0.1) is 0 Å². The number of benzene rings is 2. The molecule has 210 valence electrons. The highest BCUT2D eigenvalue weighted by Gasteiger charge is 2.44. The van der Waals surface area contributed by atoms with Crippen LogP contribution in [0.25, 0.3) is 0 Å². The fraction of sp³-hybridized carbons (Fsp3) is 0.400. The number of hydrogen-bond donors (Lipinski definition) is 1. The van der Waals surface area contributed by atoms with Crippen molar-refractivity contribution in [3.05, 3.63) is 71.9 Å². The van der Waals surface area contributed by atoms with Gasteiger partial charge in [-0.2, -0.15) is 0 Å². The zero-order chi connectivity index (χ0) is 28.9. The lowest BCUT2D eigenvalue weighted by Gasteiger charge is -2.38. The zero-order valence-electron chi connectivity index (χ0n) is 21.2. The molecule has 0 aliphatic rings. The third-order valence-electron chi connectivity index (χ3n) is 4.94. The van der Waals surface area contributed by atoms with Crippen LogP contribution in [0.1, 0.15) is 38.3 Å². The first kappa shape index (κ1) is 31.3. The molecule has 38 heavy (non-hydrogen) atoms. The van der Waals surface area contributed by atoms with Gasteiger partial charge in [-0.25, -0.2) is 0 Å². The Kier molecular flexibility index (Phi) is 9.78. The lowest BCUT2D eigenvalue weighted by Crippen LogP contribution is -2.53. The van der Waals surface area contributed by atoms with Crippen molar-refractivity contribution >= 4 is 17.1 Å². The summed E-state index contributed by atoms with van der Waals surface area (Å²) in [6.45, 7) is 4.84. The Balaban J connectivity index is 2.83. The molecule has 1 unspecified atom stereocenters. The summed E-state index contributed by atoms with van der Waals surface area (Å²) in [6, 6.07) is 9.19. The van der Waals surface area contributed by atoms with Crippen molar-refractivity contribution in [2.45, 2.75) is 50.2 Å². The summed E-state index contributed by atoms with van der Waals surface area (Å²) in [4.78, 5) is 14.7. The molecular weight excluding hydrogens is 538 g/mol. The van der Waals surface area contributed by atoms with Crippen LogP contribution in [-0.4, -0.2) is 46.8 Å². The van der Waals surface area contributed by atoms with E-state index in [4.69, 9.17) is 0 Å². The molecule has 2 aromatic rings. The van der Waals surface area contributed by atoms with Gasteiger partial charge in [-0.1, -0.05) is 24.3 Å². The van der Waals surface area contributed by atoms with Gasteiger partial charge in [0, 0.05) is 38.1 Å². The molecule has 13 heteroatoms. The SMILES string of the molecule is CN(C)C=CC(=O)CC(N[S+]([O-])C(C)(C)C)(c1cccc(OC(F)(F)F)c1)c1cccc(OC(F)(F)F)c1. The molecule has 0 heterocycles. The number of ketones is 1. The van der Waals surface area contributed by atoms with Crippen LogP contribution in [0.15, 0.2) is 60.8 Å². The van der Waals surface area contributed by atoms with Crippen molar-refractivity contribution in [1.82, 2.24) is 9.62 Å². The van der Waals surface area contributed by atoms with Crippen LogP contribution in [-0.2, 0) is 21.7 Å². The molecule has 0 aromatic heterocycles. The Morgan fingerprint density at radius 3 is 1.74 bits per heavy atom. The molecule has 2 rings (SSSR count). The predicted octanol–water partition coefficient (Wildman–Crippen LogP) is 5.81. The minimum atomic E-state index is -5.03. The van der Waals surface area contributed by atoms with Crippen molar-refractivity contribution in [3.63, 3.8) is 0 Å². The van der Waals surface area contributed by atoms with Gasteiger partial charge < -0.3 is 18.9 Å². The highest BCUT2D eigenvalue weighted by molar-refractivity contribution is 7.90. The number of nitrogens with one attached hydrogen (secondary N) is 1.